The number of esters is 1. The first kappa shape index (κ1) is 28.5. The molecule has 8 nitrogen and oxygen atoms in total. The second-order valence-electron chi connectivity index (χ2n) is 10.2. The number of alkyl halides is 1. The highest BCUT2D eigenvalue weighted by Crippen LogP contribution is 2.60. The molecule has 1 aromatic rings. The maximum absolute atomic E-state index is 14.3. The molecule has 1 spiro atoms. The molecule has 3 saturated heterocycles. The second-order valence-corrected chi connectivity index (χ2v) is 11.4. The molecule has 0 radical (unpaired) electrons. The van der Waals surface area contributed by atoms with Crippen molar-refractivity contribution in [2.45, 2.75) is 61.2 Å². The summed E-state index contributed by atoms with van der Waals surface area (Å²) >= 11 is 3.68. The van der Waals surface area contributed by atoms with Gasteiger partial charge in [0.25, 0.3) is 0 Å². The molecule has 206 valence electrons. The Morgan fingerprint density at radius 1 is 1.18 bits per heavy atom. The number of likely N-dealkylation sites (tertiary alicyclic amines) is 1. The number of nitrogens with zero attached hydrogens (tertiary/aromatic N) is 2. The van der Waals surface area contributed by atoms with Crippen molar-refractivity contribution in [1.82, 2.24) is 9.80 Å². The van der Waals surface area contributed by atoms with E-state index in [0.29, 0.717) is 38.9 Å². The molecule has 9 heteroatoms. The van der Waals surface area contributed by atoms with E-state index >= 15 is 0 Å². The van der Waals surface area contributed by atoms with Crippen molar-refractivity contribution in [3.63, 3.8) is 0 Å². The fourth-order valence-electron chi connectivity index (χ4n) is 6.27. The fraction of sp³-hybridized carbons (Fsp3) is 0.552. The Balaban J connectivity index is 1.67. The molecule has 0 aliphatic carbocycles. The van der Waals surface area contributed by atoms with Crippen molar-refractivity contribution in [2.24, 2.45) is 11.8 Å². The maximum Gasteiger partial charge on any atom is 0.312 e. The molecular weight excluding hydrogens is 552 g/mol. The van der Waals surface area contributed by atoms with E-state index in [1.54, 1.807) is 15.9 Å². The molecule has 3 aliphatic rings. The third kappa shape index (κ3) is 5.33. The number of carbonyl (C=O) groups excluding carboxylic acids is 3. The Hall–Kier alpha value is -2.49. The lowest BCUT2D eigenvalue weighted by Crippen LogP contribution is -2.56. The van der Waals surface area contributed by atoms with Crippen LogP contribution in [0.5, 0.6) is 0 Å². The van der Waals surface area contributed by atoms with Gasteiger partial charge in [-0.05, 0) is 24.8 Å². The van der Waals surface area contributed by atoms with Gasteiger partial charge in [-0.3, -0.25) is 14.4 Å². The van der Waals surface area contributed by atoms with Crippen molar-refractivity contribution >= 4 is 33.7 Å². The monoisotopic (exact) mass is 588 g/mol. The van der Waals surface area contributed by atoms with Crippen LogP contribution in [0.15, 0.2) is 55.6 Å². The first-order chi connectivity index (χ1) is 18.4. The lowest BCUT2D eigenvalue weighted by Gasteiger charge is -2.37. The Morgan fingerprint density at radius 2 is 1.92 bits per heavy atom. The largest absolute Gasteiger partial charge is 0.461 e. The van der Waals surface area contributed by atoms with Crippen molar-refractivity contribution < 1.29 is 29.0 Å². The number of fused-ring (bicyclic) bond motifs is 1. The summed E-state index contributed by atoms with van der Waals surface area (Å²) in [6.07, 6.45) is 6.10. The van der Waals surface area contributed by atoms with E-state index in [-0.39, 0.29) is 29.9 Å². The predicted molar refractivity (Wildman–Crippen MR) is 146 cm³/mol. The molecule has 38 heavy (non-hydrogen) atoms. The van der Waals surface area contributed by atoms with E-state index in [0.717, 1.165) is 18.4 Å². The zero-order valence-electron chi connectivity index (χ0n) is 21.7. The molecule has 0 aromatic heterocycles. The van der Waals surface area contributed by atoms with Crippen LogP contribution in [0.2, 0.25) is 0 Å². The molecule has 1 N–H and O–H groups in total. The minimum absolute atomic E-state index is 0.0457. The van der Waals surface area contributed by atoms with E-state index < -0.39 is 35.6 Å². The number of ether oxygens (including phenoxy) is 2. The minimum atomic E-state index is -1.12. The van der Waals surface area contributed by atoms with E-state index in [1.807, 2.05) is 30.3 Å². The molecular formula is C29H37BrN2O6. The highest BCUT2D eigenvalue weighted by molar-refractivity contribution is 9.09. The highest BCUT2D eigenvalue weighted by Gasteiger charge is 2.77. The fourth-order valence-corrected chi connectivity index (χ4v) is 7.21. The number of aliphatic hydroxyl groups is 1. The van der Waals surface area contributed by atoms with Crippen LogP contribution in [-0.4, -0.2) is 81.6 Å². The summed E-state index contributed by atoms with van der Waals surface area (Å²) in [7, 11) is 0. The summed E-state index contributed by atoms with van der Waals surface area (Å²) in [6.45, 7) is 8.69. The lowest BCUT2D eigenvalue weighted by molar-refractivity contribution is -0.154. The number of amides is 2. The van der Waals surface area contributed by atoms with Gasteiger partial charge in [-0.25, -0.2) is 0 Å². The topological polar surface area (TPSA) is 96.4 Å². The van der Waals surface area contributed by atoms with E-state index in [9.17, 15) is 14.4 Å². The SMILES string of the molecule is C=CCOC(=O)[C@H]1[C@H]2C(=O)N(CCCCCCO)C(C(=O)N(CC=C)Cc3ccccc3)C23CC(Br)[C@@H]1O3. The zero-order chi connectivity index (χ0) is 27.3. The molecule has 2 bridgehead atoms. The van der Waals surface area contributed by atoms with Crippen LogP contribution in [0.4, 0.5) is 0 Å². The molecule has 4 rings (SSSR count). The number of unbranched alkanes of at least 4 members (excludes halogenated alkanes) is 3. The molecule has 3 fully saturated rings. The zero-order valence-corrected chi connectivity index (χ0v) is 23.3. The van der Waals surface area contributed by atoms with E-state index in [4.69, 9.17) is 14.6 Å². The third-order valence-corrected chi connectivity index (χ3v) is 8.67. The first-order valence-electron chi connectivity index (χ1n) is 13.3. The molecule has 3 heterocycles. The second kappa shape index (κ2) is 12.6. The molecule has 6 atom stereocenters. The van der Waals surface area contributed by atoms with Gasteiger partial charge in [0.15, 0.2) is 0 Å². The van der Waals surface area contributed by atoms with Gasteiger partial charge < -0.3 is 24.4 Å². The number of rotatable bonds is 14. The molecule has 2 amide bonds. The van der Waals surface area contributed by atoms with Crippen LogP contribution in [0.25, 0.3) is 0 Å². The van der Waals surface area contributed by atoms with Gasteiger partial charge in [-0.15, -0.1) is 6.58 Å². The van der Waals surface area contributed by atoms with Gasteiger partial charge >= 0.3 is 5.97 Å². The standard InChI is InChI=1S/C29H37BrN2O6/c1-3-14-31(19-20-12-8-7-9-13-20)27(35)25-29-18-21(30)24(38-29)22(28(36)37-17-4-2)23(29)26(34)32(25)15-10-5-6-11-16-33/h3-4,7-9,12-13,21-25,33H,1-2,5-6,10-11,14-19H2/t21?,22-,23-,24-,25?,29?/m0/s1. The van der Waals surface area contributed by atoms with Gasteiger partial charge in [0.2, 0.25) is 11.8 Å². The number of benzene rings is 1. The Bertz CT molecular complexity index is 1040. The van der Waals surface area contributed by atoms with E-state index in [1.165, 1.54) is 6.08 Å². The predicted octanol–water partition coefficient (Wildman–Crippen LogP) is 3.23. The maximum atomic E-state index is 14.3. The average molecular weight is 590 g/mol. The summed E-state index contributed by atoms with van der Waals surface area (Å²) in [6, 6.07) is 8.84. The number of hydrogen-bond acceptors (Lipinski definition) is 6. The lowest BCUT2D eigenvalue weighted by atomic mass is 9.70. The van der Waals surface area contributed by atoms with Gasteiger partial charge in [-0.2, -0.15) is 0 Å². The number of carbonyl (C=O) groups is 3. The summed E-state index contributed by atoms with van der Waals surface area (Å²) in [5.74, 6) is -2.52. The van der Waals surface area contributed by atoms with E-state index in [2.05, 4.69) is 29.1 Å². The number of aliphatic hydroxyl groups excluding tert-OH is 1. The summed E-state index contributed by atoms with van der Waals surface area (Å²) in [5, 5.41) is 9.12. The van der Waals surface area contributed by atoms with Crippen LogP contribution in [0.3, 0.4) is 0 Å². The van der Waals surface area contributed by atoms with Gasteiger partial charge in [0.1, 0.15) is 18.2 Å². The Labute approximate surface area is 232 Å². The quantitative estimate of drug-likeness (QED) is 0.155. The third-order valence-electron chi connectivity index (χ3n) is 7.82. The normalized spacial score (nSPS) is 29.3. The van der Waals surface area contributed by atoms with Crippen LogP contribution in [0, 0.1) is 11.8 Å². The van der Waals surface area contributed by atoms with Crippen LogP contribution in [-0.2, 0) is 30.4 Å². The van der Waals surface area contributed by atoms with Gasteiger partial charge in [0, 0.05) is 31.1 Å². The minimum Gasteiger partial charge on any atom is -0.461 e. The molecule has 3 aliphatic heterocycles. The van der Waals surface area contributed by atoms with Crippen molar-refractivity contribution in [1.29, 1.82) is 0 Å². The van der Waals surface area contributed by atoms with Gasteiger partial charge in [0.05, 0.1) is 17.9 Å². The van der Waals surface area contributed by atoms with Crippen molar-refractivity contribution in [2.75, 3.05) is 26.3 Å². The smallest absolute Gasteiger partial charge is 0.312 e. The average Bonchev–Trinajstić information content (AvgIpc) is 3.50. The first-order valence-corrected chi connectivity index (χ1v) is 14.3. The summed E-state index contributed by atoms with van der Waals surface area (Å²) in [5.41, 5.74) is -0.149. The Kier molecular flexibility index (Phi) is 9.44. The summed E-state index contributed by atoms with van der Waals surface area (Å²) in [4.78, 5) is 44.7. The molecule has 0 saturated carbocycles. The molecule has 1 aromatic carbocycles. The van der Waals surface area contributed by atoms with Crippen molar-refractivity contribution in [3.05, 3.63) is 61.2 Å². The molecule has 3 unspecified atom stereocenters. The summed E-state index contributed by atoms with van der Waals surface area (Å²) < 4.78 is 11.9. The highest BCUT2D eigenvalue weighted by atomic mass is 79.9. The number of hydrogen-bond donors (Lipinski definition) is 1. The van der Waals surface area contributed by atoms with Crippen LogP contribution in [0.1, 0.15) is 37.7 Å². The number of halogens is 1. The Morgan fingerprint density at radius 3 is 2.61 bits per heavy atom. The van der Waals surface area contributed by atoms with Crippen molar-refractivity contribution in [3.8, 4) is 0 Å². The van der Waals surface area contributed by atoms with Crippen LogP contribution < -0.4 is 0 Å². The van der Waals surface area contributed by atoms with Gasteiger partial charge in [-0.1, -0.05) is 77.8 Å². The van der Waals surface area contributed by atoms with Crippen LogP contribution >= 0.6 is 15.9 Å².